The topological polar surface area (TPSA) is 20.2 Å². The summed E-state index contributed by atoms with van der Waals surface area (Å²) in [4.78, 5) is 2.59. The Morgan fingerprint density at radius 3 is 2.78 bits per heavy atom. The van der Waals surface area contributed by atoms with Gasteiger partial charge in [-0.3, -0.25) is 0 Å². The predicted octanol–water partition coefficient (Wildman–Crippen LogP) is 1.59. The molecule has 0 aliphatic carbocycles. The van der Waals surface area contributed by atoms with Gasteiger partial charge in [0, 0.05) is 22.8 Å². The maximum atomic E-state index is 8.54. The van der Waals surface area contributed by atoms with E-state index < -0.39 is 0 Å². The molecule has 1 aromatic rings. The first-order valence-corrected chi connectivity index (χ1v) is 3.81. The molecule has 0 saturated carbocycles. The van der Waals surface area contributed by atoms with Crippen molar-refractivity contribution in [3.05, 3.63) is 21.9 Å². The highest BCUT2D eigenvalue weighted by atomic mass is 32.1. The largest absolute Gasteiger partial charge is 0.396 e. The van der Waals surface area contributed by atoms with Crippen LogP contribution in [0, 0.1) is 6.92 Å². The normalized spacial score (nSPS) is 10.0. The van der Waals surface area contributed by atoms with Gasteiger partial charge in [0.15, 0.2) is 0 Å². The molecule has 0 radical (unpaired) electrons. The molecule has 1 heterocycles. The molecule has 0 saturated heterocycles. The Morgan fingerprint density at radius 1 is 1.56 bits per heavy atom. The third-order valence-electron chi connectivity index (χ3n) is 1.15. The van der Waals surface area contributed by atoms with Crippen LogP contribution in [0.1, 0.15) is 9.75 Å². The monoisotopic (exact) mass is 142 g/mol. The third kappa shape index (κ3) is 1.80. The second kappa shape index (κ2) is 2.99. The quantitative estimate of drug-likeness (QED) is 0.665. The zero-order valence-electron chi connectivity index (χ0n) is 5.42. The molecule has 1 rings (SSSR count). The fourth-order valence-electron chi connectivity index (χ4n) is 0.730. The van der Waals surface area contributed by atoms with Gasteiger partial charge < -0.3 is 5.11 Å². The smallest absolute Gasteiger partial charge is 0.0479 e. The summed E-state index contributed by atoms with van der Waals surface area (Å²) in [6.07, 6.45) is 0.804. The number of aliphatic hydroxyl groups is 1. The summed E-state index contributed by atoms with van der Waals surface area (Å²) in [5.74, 6) is 0. The highest BCUT2D eigenvalue weighted by Gasteiger charge is 1.92. The van der Waals surface area contributed by atoms with Crippen LogP contribution in [0.2, 0.25) is 0 Å². The van der Waals surface area contributed by atoms with Crippen molar-refractivity contribution in [2.24, 2.45) is 0 Å². The lowest BCUT2D eigenvalue weighted by molar-refractivity contribution is 0.300. The van der Waals surface area contributed by atoms with Crippen LogP contribution in [0.3, 0.4) is 0 Å². The molecule has 0 fully saturated rings. The molecule has 0 aromatic carbocycles. The standard InChI is InChI=1S/C7H10OS/c1-6-2-3-7(9-6)4-5-8/h2-3,8H,4-5H2,1H3. The molecule has 0 spiro atoms. The number of thiophene rings is 1. The molecule has 0 bridgehead atoms. The van der Waals surface area contributed by atoms with Gasteiger partial charge in [-0.1, -0.05) is 0 Å². The van der Waals surface area contributed by atoms with Crippen molar-refractivity contribution < 1.29 is 5.11 Å². The molecule has 0 aliphatic rings. The van der Waals surface area contributed by atoms with E-state index in [2.05, 4.69) is 19.1 Å². The lowest BCUT2D eigenvalue weighted by Crippen LogP contribution is -1.84. The zero-order chi connectivity index (χ0) is 6.69. The highest BCUT2D eigenvalue weighted by Crippen LogP contribution is 2.14. The molecule has 9 heavy (non-hydrogen) atoms. The van der Waals surface area contributed by atoms with Crippen LogP contribution in [-0.4, -0.2) is 11.7 Å². The van der Waals surface area contributed by atoms with E-state index in [1.165, 1.54) is 9.75 Å². The molecule has 50 valence electrons. The van der Waals surface area contributed by atoms with Gasteiger partial charge in [0.2, 0.25) is 0 Å². The van der Waals surface area contributed by atoms with Crippen molar-refractivity contribution in [1.82, 2.24) is 0 Å². The second-order valence-corrected chi connectivity index (χ2v) is 3.36. The highest BCUT2D eigenvalue weighted by molar-refractivity contribution is 7.11. The van der Waals surface area contributed by atoms with Gasteiger partial charge in [0.25, 0.3) is 0 Å². The Balaban J connectivity index is 2.61. The van der Waals surface area contributed by atoms with Gasteiger partial charge in [0.1, 0.15) is 0 Å². The van der Waals surface area contributed by atoms with Gasteiger partial charge >= 0.3 is 0 Å². The average molecular weight is 142 g/mol. The Kier molecular flexibility index (Phi) is 2.25. The van der Waals surface area contributed by atoms with Crippen LogP contribution in [-0.2, 0) is 6.42 Å². The van der Waals surface area contributed by atoms with Crippen molar-refractivity contribution in [3.63, 3.8) is 0 Å². The molecular weight excluding hydrogens is 132 g/mol. The summed E-state index contributed by atoms with van der Waals surface area (Å²) in [6.45, 7) is 2.34. The van der Waals surface area contributed by atoms with Gasteiger partial charge in [-0.25, -0.2) is 0 Å². The minimum atomic E-state index is 0.264. The van der Waals surface area contributed by atoms with Crippen molar-refractivity contribution in [2.45, 2.75) is 13.3 Å². The first-order chi connectivity index (χ1) is 4.33. The fourth-order valence-corrected chi connectivity index (χ4v) is 1.61. The van der Waals surface area contributed by atoms with E-state index in [1.54, 1.807) is 11.3 Å². The number of aryl methyl sites for hydroxylation is 1. The van der Waals surface area contributed by atoms with E-state index in [4.69, 9.17) is 5.11 Å². The van der Waals surface area contributed by atoms with E-state index in [9.17, 15) is 0 Å². The first kappa shape index (κ1) is 6.78. The number of aliphatic hydroxyl groups excluding tert-OH is 1. The summed E-state index contributed by atoms with van der Waals surface area (Å²) < 4.78 is 0. The molecule has 0 amide bonds. The molecule has 0 aliphatic heterocycles. The molecule has 2 heteroatoms. The maximum Gasteiger partial charge on any atom is 0.0479 e. The lowest BCUT2D eigenvalue weighted by Gasteiger charge is -1.86. The predicted molar refractivity (Wildman–Crippen MR) is 39.8 cm³/mol. The third-order valence-corrected chi connectivity index (χ3v) is 2.21. The van der Waals surface area contributed by atoms with Crippen LogP contribution in [0.15, 0.2) is 12.1 Å². The fraction of sp³-hybridized carbons (Fsp3) is 0.429. The van der Waals surface area contributed by atoms with E-state index in [0.29, 0.717) is 0 Å². The average Bonchev–Trinajstić information content (AvgIpc) is 2.17. The Hall–Kier alpha value is -0.340. The SMILES string of the molecule is Cc1ccc(CCO)s1. The van der Waals surface area contributed by atoms with Gasteiger partial charge in [-0.2, -0.15) is 0 Å². The van der Waals surface area contributed by atoms with Crippen LogP contribution in [0.25, 0.3) is 0 Å². The summed E-state index contributed by atoms with van der Waals surface area (Å²) >= 11 is 1.75. The minimum Gasteiger partial charge on any atom is -0.396 e. The summed E-state index contributed by atoms with van der Waals surface area (Å²) in [7, 11) is 0. The van der Waals surface area contributed by atoms with E-state index in [1.807, 2.05) is 0 Å². The van der Waals surface area contributed by atoms with E-state index in [0.717, 1.165) is 6.42 Å². The number of rotatable bonds is 2. The van der Waals surface area contributed by atoms with Crippen LogP contribution in [0.5, 0.6) is 0 Å². The zero-order valence-corrected chi connectivity index (χ0v) is 6.24. The molecule has 0 unspecified atom stereocenters. The Labute approximate surface area is 59.0 Å². The molecule has 1 N–H and O–H groups in total. The van der Waals surface area contributed by atoms with Gasteiger partial charge in [0.05, 0.1) is 0 Å². The Bertz CT molecular complexity index is 181. The second-order valence-electron chi connectivity index (χ2n) is 1.99. The van der Waals surface area contributed by atoms with E-state index >= 15 is 0 Å². The summed E-state index contributed by atoms with van der Waals surface area (Å²) in [5.41, 5.74) is 0. The van der Waals surface area contributed by atoms with Crippen molar-refractivity contribution in [1.29, 1.82) is 0 Å². The maximum absolute atomic E-state index is 8.54. The number of hydrogen-bond acceptors (Lipinski definition) is 2. The van der Waals surface area contributed by atoms with Gasteiger partial charge in [-0.15, -0.1) is 11.3 Å². The van der Waals surface area contributed by atoms with Crippen molar-refractivity contribution in [2.75, 3.05) is 6.61 Å². The molecule has 1 aromatic heterocycles. The van der Waals surface area contributed by atoms with Gasteiger partial charge in [-0.05, 0) is 19.1 Å². The van der Waals surface area contributed by atoms with E-state index in [-0.39, 0.29) is 6.61 Å². The van der Waals surface area contributed by atoms with Crippen LogP contribution in [0.4, 0.5) is 0 Å². The lowest BCUT2D eigenvalue weighted by atomic mass is 10.3. The van der Waals surface area contributed by atoms with Crippen molar-refractivity contribution in [3.8, 4) is 0 Å². The molecular formula is C7H10OS. The summed E-state index contributed by atoms with van der Waals surface area (Å²) in [6, 6.07) is 4.14. The van der Waals surface area contributed by atoms with Crippen LogP contribution < -0.4 is 0 Å². The summed E-state index contributed by atoms with van der Waals surface area (Å²) in [5, 5.41) is 8.54. The molecule has 1 nitrogen and oxygen atoms in total. The van der Waals surface area contributed by atoms with Crippen LogP contribution >= 0.6 is 11.3 Å². The first-order valence-electron chi connectivity index (χ1n) is 2.99. The number of hydrogen-bond donors (Lipinski definition) is 1. The van der Waals surface area contributed by atoms with Crippen molar-refractivity contribution >= 4 is 11.3 Å². The molecule has 0 atom stereocenters. The minimum absolute atomic E-state index is 0.264. The Morgan fingerprint density at radius 2 is 2.33 bits per heavy atom.